The lowest BCUT2D eigenvalue weighted by molar-refractivity contribution is -0.122. The third-order valence-electron chi connectivity index (χ3n) is 6.10. The second-order valence-corrected chi connectivity index (χ2v) is 8.51. The van der Waals surface area contributed by atoms with Crippen LogP contribution < -0.4 is 15.0 Å². The molecule has 1 saturated heterocycles. The fraction of sp³-hybridized carbons (Fsp3) is 0.192. The lowest BCUT2D eigenvalue weighted by atomic mass is 10.1. The summed E-state index contributed by atoms with van der Waals surface area (Å²) in [5.74, 6) is 0.190. The third kappa shape index (κ3) is 4.78. The van der Waals surface area contributed by atoms with E-state index in [1.807, 2.05) is 18.4 Å². The fourth-order valence-electron chi connectivity index (χ4n) is 3.95. The Morgan fingerprint density at radius 2 is 1.78 bits per heavy atom. The predicted octanol–water partition coefficient (Wildman–Crippen LogP) is 4.20. The van der Waals surface area contributed by atoms with E-state index in [1.165, 1.54) is 29.2 Å². The number of amides is 2. The lowest BCUT2D eigenvalue weighted by Gasteiger charge is -2.16. The molecule has 2 amide bonds. The smallest absolute Gasteiger partial charge is 0.238 e. The molecule has 5 rings (SSSR count). The quantitative estimate of drug-likeness (QED) is 0.438. The van der Waals surface area contributed by atoms with Crippen molar-refractivity contribution in [3.63, 3.8) is 0 Å². The Labute approximate surface area is 206 Å². The van der Waals surface area contributed by atoms with Crippen molar-refractivity contribution in [2.45, 2.75) is 20.3 Å². The van der Waals surface area contributed by atoms with Crippen LogP contribution in [-0.4, -0.2) is 38.1 Å². The van der Waals surface area contributed by atoms with Crippen molar-refractivity contribution in [3.05, 3.63) is 84.2 Å². The van der Waals surface area contributed by atoms with E-state index in [-0.39, 0.29) is 30.6 Å². The van der Waals surface area contributed by atoms with Crippen molar-refractivity contribution >= 4 is 23.2 Å². The van der Waals surface area contributed by atoms with Gasteiger partial charge in [0.05, 0.1) is 11.6 Å². The number of imidazole rings is 1. The normalized spacial score (nSPS) is 15.2. The number of aryl methyl sites for hydroxylation is 1. The van der Waals surface area contributed by atoms with E-state index < -0.39 is 5.92 Å². The van der Waals surface area contributed by atoms with Crippen LogP contribution in [0.4, 0.5) is 15.8 Å². The molecule has 36 heavy (non-hydrogen) atoms. The van der Waals surface area contributed by atoms with Crippen molar-refractivity contribution in [3.8, 4) is 17.4 Å². The maximum atomic E-state index is 13.2. The number of hydrogen-bond donors (Lipinski definition) is 1. The molecule has 0 spiro atoms. The molecule has 0 bridgehead atoms. The van der Waals surface area contributed by atoms with Gasteiger partial charge in [0.1, 0.15) is 17.9 Å². The van der Waals surface area contributed by atoms with Gasteiger partial charge in [-0.2, -0.15) is 0 Å². The maximum Gasteiger partial charge on any atom is 0.238 e. The SMILES string of the molecule is Cc1ncn(-c2ccc(Oc3ccc(NC(=O)C4CC(=O)N(c5ccc(F)cc5)C4)cc3)nn2)c1C. The van der Waals surface area contributed by atoms with Gasteiger partial charge in [0.15, 0.2) is 5.82 Å². The molecule has 0 aliphatic carbocycles. The van der Waals surface area contributed by atoms with Crippen molar-refractivity contribution < 1.29 is 18.7 Å². The van der Waals surface area contributed by atoms with Crippen LogP contribution in [0.25, 0.3) is 5.82 Å². The van der Waals surface area contributed by atoms with E-state index in [2.05, 4.69) is 20.5 Å². The highest BCUT2D eigenvalue weighted by Gasteiger charge is 2.35. The first kappa shape index (κ1) is 23.2. The number of benzene rings is 2. The molecule has 9 nitrogen and oxygen atoms in total. The van der Waals surface area contributed by atoms with E-state index >= 15 is 0 Å². The van der Waals surface area contributed by atoms with Gasteiger partial charge in [-0.25, -0.2) is 9.37 Å². The number of ether oxygens (including phenoxy) is 1. The molecule has 0 saturated carbocycles. The highest BCUT2D eigenvalue weighted by molar-refractivity contribution is 6.03. The average molecular weight is 487 g/mol. The Morgan fingerprint density at radius 1 is 1.03 bits per heavy atom. The van der Waals surface area contributed by atoms with Crippen molar-refractivity contribution in [2.24, 2.45) is 5.92 Å². The number of rotatable bonds is 6. The second-order valence-electron chi connectivity index (χ2n) is 8.51. The van der Waals surface area contributed by atoms with Gasteiger partial charge < -0.3 is 15.0 Å². The van der Waals surface area contributed by atoms with Crippen LogP contribution in [0.5, 0.6) is 11.6 Å². The molecular formula is C26H23FN6O3. The molecule has 182 valence electrons. The monoisotopic (exact) mass is 486 g/mol. The molecular weight excluding hydrogens is 463 g/mol. The van der Waals surface area contributed by atoms with Gasteiger partial charge in [-0.05, 0) is 68.4 Å². The second kappa shape index (κ2) is 9.57. The van der Waals surface area contributed by atoms with Crippen molar-refractivity contribution in [1.82, 2.24) is 19.7 Å². The summed E-state index contributed by atoms with van der Waals surface area (Å²) in [7, 11) is 0. The zero-order chi connectivity index (χ0) is 25.2. The van der Waals surface area contributed by atoms with Gasteiger partial charge in [-0.1, -0.05) is 0 Å². The first-order valence-electron chi connectivity index (χ1n) is 11.4. The molecule has 1 aliphatic rings. The summed E-state index contributed by atoms with van der Waals surface area (Å²) in [6.07, 6.45) is 1.79. The van der Waals surface area contributed by atoms with Crippen LogP contribution in [0.15, 0.2) is 67.0 Å². The topological polar surface area (TPSA) is 102 Å². The van der Waals surface area contributed by atoms with Crippen LogP contribution in [0.1, 0.15) is 17.8 Å². The standard InChI is InChI=1S/C26H23FN6O3/c1-16-17(2)33(15-28-16)23-11-12-24(31-30-23)36-22-9-5-20(6-10-22)29-26(35)18-13-25(34)32(14-18)21-7-3-19(27)4-8-21/h3-12,15,18H,13-14H2,1-2H3,(H,29,35). The van der Waals surface area contributed by atoms with Gasteiger partial charge in [0.2, 0.25) is 17.7 Å². The molecule has 2 aromatic carbocycles. The molecule has 3 heterocycles. The van der Waals surface area contributed by atoms with E-state index in [9.17, 15) is 14.0 Å². The summed E-state index contributed by atoms with van der Waals surface area (Å²) in [4.78, 5) is 30.9. The highest BCUT2D eigenvalue weighted by atomic mass is 19.1. The zero-order valence-corrected chi connectivity index (χ0v) is 19.7. The number of aromatic nitrogens is 4. The molecule has 1 unspecified atom stereocenters. The Balaban J connectivity index is 1.18. The minimum Gasteiger partial charge on any atom is -0.438 e. The van der Waals surface area contributed by atoms with Crippen LogP contribution >= 0.6 is 0 Å². The summed E-state index contributed by atoms with van der Waals surface area (Å²) in [5, 5.41) is 11.2. The summed E-state index contributed by atoms with van der Waals surface area (Å²) in [6, 6.07) is 16.0. The molecule has 1 fully saturated rings. The van der Waals surface area contributed by atoms with Crippen LogP contribution in [0.3, 0.4) is 0 Å². The summed E-state index contributed by atoms with van der Waals surface area (Å²) < 4.78 is 20.8. The molecule has 0 radical (unpaired) electrons. The Bertz CT molecular complexity index is 1400. The number of nitrogens with zero attached hydrogens (tertiary/aromatic N) is 5. The molecule has 4 aromatic rings. The highest BCUT2D eigenvalue weighted by Crippen LogP contribution is 2.27. The predicted molar refractivity (Wildman–Crippen MR) is 131 cm³/mol. The average Bonchev–Trinajstić information content (AvgIpc) is 3.43. The Hall–Kier alpha value is -4.60. The Kier molecular flexibility index (Phi) is 6.16. The first-order valence-corrected chi connectivity index (χ1v) is 11.4. The number of hydrogen-bond acceptors (Lipinski definition) is 6. The van der Waals surface area contributed by atoms with E-state index in [1.54, 1.807) is 42.7 Å². The number of nitrogens with one attached hydrogen (secondary N) is 1. The summed E-state index contributed by atoms with van der Waals surface area (Å²) >= 11 is 0. The summed E-state index contributed by atoms with van der Waals surface area (Å²) in [6.45, 7) is 4.13. The van der Waals surface area contributed by atoms with Gasteiger partial charge in [0.25, 0.3) is 0 Å². The maximum absolute atomic E-state index is 13.2. The van der Waals surface area contributed by atoms with Gasteiger partial charge in [-0.3, -0.25) is 14.2 Å². The van der Waals surface area contributed by atoms with E-state index in [0.717, 1.165) is 11.4 Å². The Morgan fingerprint density at radius 3 is 2.42 bits per heavy atom. The number of halogens is 1. The van der Waals surface area contributed by atoms with Crippen LogP contribution in [0, 0.1) is 25.6 Å². The van der Waals surface area contributed by atoms with Crippen molar-refractivity contribution in [2.75, 3.05) is 16.8 Å². The first-order chi connectivity index (χ1) is 17.4. The number of anilines is 2. The van der Waals surface area contributed by atoms with Crippen LogP contribution in [0.2, 0.25) is 0 Å². The molecule has 1 N–H and O–H groups in total. The van der Waals surface area contributed by atoms with Gasteiger partial charge in [-0.15, -0.1) is 10.2 Å². The summed E-state index contributed by atoms with van der Waals surface area (Å²) in [5.41, 5.74) is 3.06. The number of carbonyl (C=O) groups is 2. The fourth-order valence-corrected chi connectivity index (χ4v) is 3.95. The molecule has 2 aromatic heterocycles. The lowest BCUT2D eigenvalue weighted by Crippen LogP contribution is -2.28. The van der Waals surface area contributed by atoms with Crippen molar-refractivity contribution in [1.29, 1.82) is 0 Å². The molecule has 1 atom stereocenters. The minimum absolute atomic E-state index is 0.0945. The van der Waals surface area contributed by atoms with Gasteiger partial charge in [0, 0.05) is 36.1 Å². The molecule has 10 heteroatoms. The molecule has 1 aliphatic heterocycles. The minimum atomic E-state index is -0.504. The van der Waals surface area contributed by atoms with Crippen LogP contribution in [-0.2, 0) is 9.59 Å². The number of carbonyl (C=O) groups excluding carboxylic acids is 2. The van der Waals surface area contributed by atoms with Gasteiger partial charge >= 0.3 is 0 Å². The third-order valence-corrected chi connectivity index (χ3v) is 6.10. The largest absolute Gasteiger partial charge is 0.438 e. The van der Waals surface area contributed by atoms with E-state index in [4.69, 9.17) is 4.74 Å². The van der Waals surface area contributed by atoms with E-state index in [0.29, 0.717) is 28.8 Å². The zero-order valence-electron chi connectivity index (χ0n) is 19.7.